The van der Waals surface area contributed by atoms with Gasteiger partial charge in [0, 0.05) is 44.3 Å². The minimum atomic E-state index is -0.472. The summed E-state index contributed by atoms with van der Waals surface area (Å²) in [6, 6.07) is 7.17. The summed E-state index contributed by atoms with van der Waals surface area (Å²) in [4.78, 5) is 32.2. The van der Waals surface area contributed by atoms with E-state index >= 15 is 0 Å². The Labute approximate surface area is 190 Å². The molecule has 0 saturated carbocycles. The van der Waals surface area contributed by atoms with Crippen LogP contribution in [0.25, 0.3) is 0 Å². The lowest BCUT2D eigenvalue weighted by Crippen LogP contribution is -2.52. The van der Waals surface area contributed by atoms with Gasteiger partial charge in [0.15, 0.2) is 0 Å². The van der Waals surface area contributed by atoms with Crippen molar-refractivity contribution in [1.82, 2.24) is 20.0 Å². The predicted molar refractivity (Wildman–Crippen MR) is 122 cm³/mol. The molecule has 3 heterocycles. The van der Waals surface area contributed by atoms with Crippen molar-refractivity contribution in [2.45, 2.75) is 50.3 Å². The molecule has 2 atom stereocenters. The molecule has 8 nitrogen and oxygen atoms in total. The molecule has 0 radical (unpaired) electrons. The molecule has 32 heavy (non-hydrogen) atoms. The summed E-state index contributed by atoms with van der Waals surface area (Å²) in [6.45, 7) is 5.62. The molecule has 1 aromatic carbocycles. The third-order valence-corrected chi connectivity index (χ3v) is 7.08. The summed E-state index contributed by atoms with van der Waals surface area (Å²) in [6.07, 6.45) is 4.12. The lowest BCUT2D eigenvalue weighted by Gasteiger charge is -2.39. The number of aliphatic hydroxyl groups excluding tert-OH is 1. The summed E-state index contributed by atoms with van der Waals surface area (Å²) >= 11 is 0. The third kappa shape index (κ3) is 5.42. The Bertz CT molecular complexity index is 790. The fourth-order valence-electron chi connectivity index (χ4n) is 5.30. The van der Waals surface area contributed by atoms with E-state index in [1.807, 2.05) is 23.1 Å². The normalized spacial score (nSPS) is 25.2. The van der Waals surface area contributed by atoms with Gasteiger partial charge in [0.2, 0.25) is 5.91 Å². The highest BCUT2D eigenvalue weighted by Gasteiger charge is 2.41. The van der Waals surface area contributed by atoms with Crippen molar-refractivity contribution in [1.29, 1.82) is 0 Å². The standard InChI is InChI=1S/C24H36N4O4/c1-32-21-6-4-5-18(15-21)24(31)27-12-7-19(8-13-27)28-17-20(29)16-22(28)23(30)25-9-14-26-10-2-3-11-26/h4-6,15,19-20,22,29H,2-3,7-14,16-17H2,1H3,(H,25,30)/t20-,22+/m1/s1. The second kappa shape index (κ2) is 10.6. The van der Waals surface area contributed by atoms with Gasteiger partial charge in [0.25, 0.3) is 5.91 Å². The molecule has 3 aliphatic heterocycles. The largest absolute Gasteiger partial charge is 0.497 e. The second-order valence-electron chi connectivity index (χ2n) is 9.20. The van der Waals surface area contributed by atoms with Crippen LogP contribution in [-0.4, -0.2) is 103 Å². The summed E-state index contributed by atoms with van der Waals surface area (Å²) < 4.78 is 5.24. The van der Waals surface area contributed by atoms with Crippen LogP contribution in [0.3, 0.4) is 0 Å². The molecule has 0 aliphatic carbocycles. The van der Waals surface area contributed by atoms with Crippen molar-refractivity contribution < 1.29 is 19.4 Å². The monoisotopic (exact) mass is 444 g/mol. The number of aliphatic hydroxyl groups is 1. The average Bonchev–Trinajstić information content (AvgIpc) is 3.48. The van der Waals surface area contributed by atoms with Crippen LogP contribution in [0.4, 0.5) is 0 Å². The molecular formula is C24H36N4O4. The minimum absolute atomic E-state index is 0.0139. The maximum Gasteiger partial charge on any atom is 0.253 e. The highest BCUT2D eigenvalue weighted by Crippen LogP contribution is 2.27. The zero-order chi connectivity index (χ0) is 22.5. The van der Waals surface area contributed by atoms with Crippen molar-refractivity contribution >= 4 is 11.8 Å². The van der Waals surface area contributed by atoms with Gasteiger partial charge < -0.3 is 25.0 Å². The molecule has 3 saturated heterocycles. The van der Waals surface area contributed by atoms with E-state index in [0.29, 0.717) is 43.9 Å². The number of methoxy groups -OCH3 is 1. The van der Waals surface area contributed by atoms with Crippen LogP contribution in [0.1, 0.15) is 42.5 Å². The number of nitrogens with zero attached hydrogens (tertiary/aromatic N) is 3. The molecule has 3 fully saturated rings. The number of ether oxygens (including phenoxy) is 1. The summed E-state index contributed by atoms with van der Waals surface area (Å²) in [5, 5.41) is 13.4. The Morgan fingerprint density at radius 2 is 1.91 bits per heavy atom. The zero-order valence-electron chi connectivity index (χ0n) is 19.0. The molecule has 0 bridgehead atoms. The molecule has 176 valence electrons. The number of likely N-dealkylation sites (tertiary alicyclic amines) is 3. The van der Waals surface area contributed by atoms with Gasteiger partial charge >= 0.3 is 0 Å². The molecule has 8 heteroatoms. The van der Waals surface area contributed by atoms with E-state index in [9.17, 15) is 14.7 Å². The number of nitrogens with one attached hydrogen (secondary N) is 1. The van der Waals surface area contributed by atoms with E-state index in [1.165, 1.54) is 12.8 Å². The molecule has 3 aliphatic rings. The van der Waals surface area contributed by atoms with Crippen LogP contribution in [0.2, 0.25) is 0 Å². The number of amides is 2. The third-order valence-electron chi connectivity index (χ3n) is 7.08. The first-order valence-electron chi connectivity index (χ1n) is 11.9. The number of hydrogen-bond donors (Lipinski definition) is 2. The lowest BCUT2D eigenvalue weighted by atomic mass is 10.0. The van der Waals surface area contributed by atoms with Crippen LogP contribution >= 0.6 is 0 Å². The maximum absolute atomic E-state index is 12.9. The molecule has 0 aromatic heterocycles. The Kier molecular flexibility index (Phi) is 7.65. The van der Waals surface area contributed by atoms with Gasteiger partial charge in [0.1, 0.15) is 5.75 Å². The van der Waals surface area contributed by atoms with Gasteiger partial charge in [-0.25, -0.2) is 0 Å². The second-order valence-corrected chi connectivity index (χ2v) is 9.20. The number of β-amino-alcohol motifs (C(OH)–C–C–N with tert-alkyl or cyclic N) is 1. The number of hydrogen-bond acceptors (Lipinski definition) is 6. The van der Waals surface area contributed by atoms with Crippen LogP contribution in [0, 0.1) is 0 Å². The Morgan fingerprint density at radius 1 is 1.16 bits per heavy atom. The molecule has 4 rings (SSSR count). The molecule has 2 N–H and O–H groups in total. The fraction of sp³-hybridized carbons (Fsp3) is 0.667. The molecule has 0 spiro atoms. The Morgan fingerprint density at radius 3 is 2.62 bits per heavy atom. The van der Waals surface area contributed by atoms with Crippen molar-refractivity contribution in [2.24, 2.45) is 0 Å². The molecule has 2 amide bonds. The molecular weight excluding hydrogens is 408 g/mol. The van der Waals surface area contributed by atoms with E-state index in [2.05, 4.69) is 15.1 Å². The van der Waals surface area contributed by atoms with E-state index in [-0.39, 0.29) is 23.9 Å². The lowest BCUT2D eigenvalue weighted by molar-refractivity contribution is -0.126. The van der Waals surface area contributed by atoms with Gasteiger partial charge in [-0.05, 0) is 63.4 Å². The van der Waals surface area contributed by atoms with Crippen LogP contribution in [-0.2, 0) is 4.79 Å². The first-order chi connectivity index (χ1) is 15.5. The fourth-order valence-corrected chi connectivity index (χ4v) is 5.30. The zero-order valence-corrected chi connectivity index (χ0v) is 19.0. The summed E-state index contributed by atoms with van der Waals surface area (Å²) in [5.74, 6) is 0.714. The van der Waals surface area contributed by atoms with E-state index < -0.39 is 6.10 Å². The Hall–Kier alpha value is -2.16. The first kappa shape index (κ1) is 23.0. The SMILES string of the molecule is COc1cccc(C(=O)N2CCC(N3C[C@H](O)C[C@H]3C(=O)NCCN3CCCC3)CC2)c1. The minimum Gasteiger partial charge on any atom is -0.497 e. The van der Waals surface area contributed by atoms with Gasteiger partial charge in [-0.2, -0.15) is 0 Å². The van der Waals surface area contributed by atoms with Gasteiger partial charge in [-0.3, -0.25) is 14.5 Å². The van der Waals surface area contributed by atoms with Gasteiger partial charge in [0.05, 0.1) is 19.3 Å². The number of piperidine rings is 1. The van der Waals surface area contributed by atoms with E-state index in [0.717, 1.165) is 32.5 Å². The van der Waals surface area contributed by atoms with E-state index in [4.69, 9.17) is 4.74 Å². The number of rotatable bonds is 7. The summed E-state index contributed by atoms with van der Waals surface area (Å²) in [7, 11) is 1.60. The van der Waals surface area contributed by atoms with Crippen LogP contribution in [0.15, 0.2) is 24.3 Å². The van der Waals surface area contributed by atoms with Gasteiger partial charge in [-0.15, -0.1) is 0 Å². The smallest absolute Gasteiger partial charge is 0.253 e. The highest BCUT2D eigenvalue weighted by atomic mass is 16.5. The number of carbonyl (C=O) groups excluding carboxylic acids is 2. The average molecular weight is 445 g/mol. The van der Waals surface area contributed by atoms with Crippen molar-refractivity contribution in [3.8, 4) is 5.75 Å². The van der Waals surface area contributed by atoms with Gasteiger partial charge in [-0.1, -0.05) is 6.07 Å². The highest BCUT2D eigenvalue weighted by molar-refractivity contribution is 5.94. The first-order valence-corrected chi connectivity index (χ1v) is 11.9. The topological polar surface area (TPSA) is 85.4 Å². The Balaban J connectivity index is 1.29. The van der Waals surface area contributed by atoms with Crippen LogP contribution in [0.5, 0.6) is 5.75 Å². The van der Waals surface area contributed by atoms with Crippen molar-refractivity contribution in [3.63, 3.8) is 0 Å². The predicted octanol–water partition coefficient (Wildman–Crippen LogP) is 0.947. The van der Waals surface area contributed by atoms with Crippen LogP contribution < -0.4 is 10.1 Å². The van der Waals surface area contributed by atoms with E-state index in [1.54, 1.807) is 13.2 Å². The quantitative estimate of drug-likeness (QED) is 0.651. The summed E-state index contributed by atoms with van der Waals surface area (Å²) in [5.41, 5.74) is 0.634. The molecule has 1 aromatic rings. The maximum atomic E-state index is 12.9. The number of carbonyl (C=O) groups is 2. The van der Waals surface area contributed by atoms with Crippen molar-refractivity contribution in [2.75, 3.05) is 52.9 Å². The number of benzene rings is 1. The molecule has 0 unspecified atom stereocenters. The van der Waals surface area contributed by atoms with Crippen molar-refractivity contribution in [3.05, 3.63) is 29.8 Å².